The summed E-state index contributed by atoms with van der Waals surface area (Å²) in [5.41, 5.74) is 2.32. The second kappa shape index (κ2) is 8.06. The third-order valence-corrected chi connectivity index (χ3v) is 4.96. The minimum absolute atomic E-state index is 0.205. The lowest BCUT2D eigenvalue weighted by Gasteiger charge is -2.30. The number of ether oxygens (including phenoxy) is 1. The molecule has 1 aliphatic carbocycles. The van der Waals surface area contributed by atoms with Crippen LogP contribution in [0, 0.1) is 5.92 Å². The second-order valence-corrected chi connectivity index (χ2v) is 6.71. The topological polar surface area (TPSA) is 55.3 Å². The molecule has 2 heterocycles. The average Bonchev–Trinajstić information content (AvgIpc) is 2.59. The number of hydrogen-bond donors (Lipinski definition) is 0. The van der Waals surface area contributed by atoms with E-state index in [1.54, 1.807) is 0 Å². The molecule has 2 aliphatic rings. The van der Waals surface area contributed by atoms with Crippen molar-refractivity contribution in [2.75, 3.05) is 31.2 Å². The number of nitrogens with zero attached hydrogens (tertiary/aromatic N) is 3. The molecule has 1 saturated heterocycles. The van der Waals surface area contributed by atoms with Gasteiger partial charge in [-0.05, 0) is 50.1 Å². The number of carbonyl (C=O) groups is 1. The lowest BCUT2D eigenvalue weighted by atomic mass is 9.92. The van der Waals surface area contributed by atoms with Crippen LogP contribution in [-0.2, 0) is 22.4 Å². The highest BCUT2D eigenvalue weighted by Crippen LogP contribution is 2.29. The van der Waals surface area contributed by atoms with Gasteiger partial charge in [0.15, 0.2) is 0 Å². The number of fused-ring (bicyclic) bond motifs is 1. The second-order valence-electron chi connectivity index (χ2n) is 6.38. The molecule has 0 radical (unpaired) electrons. The number of anilines is 1. The van der Waals surface area contributed by atoms with Crippen molar-refractivity contribution in [2.24, 2.45) is 5.92 Å². The molecule has 1 aliphatic heterocycles. The normalized spacial score (nSPS) is 23.2. The number of morpholine rings is 1. The van der Waals surface area contributed by atoms with Crippen LogP contribution in [0.5, 0.6) is 0 Å². The summed E-state index contributed by atoms with van der Waals surface area (Å²) in [5.74, 6) is 1.18. The smallest absolute Gasteiger partial charge is 0.224 e. The minimum atomic E-state index is 0.205. The molecule has 0 spiro atoms. The Bertz CT molecular complexity index is 547. The molecule has 0 N–H and O–H groups in total. The predicted octanol–water partition coefficient (Wildman–Crippen LogP) is 2.83. The third kappa shape index (κ3) is 4.21. The van der Waals surface area contributed by atoms with Crippen molar-refractivity contribution in [1.29, 1.82) is 0 Å². The zero-order valence-electron chi connectivity index (χ0n) is 13.5. The Morgan fingerprint density at radius 3 is 2.65 bits per heavy atom. The zero-order chi connectivity index (χ0) is 16.1. The largest absolute Gasteiger partial charge is 0.378 e. The van der Waals surface area contributed by atoms with Crippen LogP contribution in [0.15, 0.2) is 0 Å². The van der Waals surface area contributed by atoms with E-state index in [2.05, 4.69) is 14.9 Å². The molecule has 1 atom stereocenters. The highest BCUT2D eigenvalue weighted by molar-refractivity contribution is 6.28. The van der Waals surface area contributed by atoms with Gasteiger partial charge in [-0.15, -0.1) is 0 Å². The van der Waals surface area contributed by atoms with Gasteiger partial charge in [-0.2, -0.15) is 0 Å². The highest BCUT2D eigenvalue weighted by atomic mass is 35.5. The Morgan fingerprint density at radius 1 is 1.09 bits per heavy atom. The maximum Gasteiger partial charge on any atom is 0.224 e. The summed E-state index contributed by atoms with van der Waals surface area (Å²) in [4.78, 5) is 22.5. The molecule has 1 aromatic heterocycles. The number of aldehydes is 1. The quantitative estimate of drug-likeness (QED) is 0.613. The van der Waals surface area contributed by atoms with E-state index in [9.17, 15) is 4.79 Å². The van der Waals surface area contributed by atoms with Crippen LogP contribution in [0.4, 0.5) is 5.82 Å². The van der Waals surface area contributed by atoms with Crippen molar-refractivity contribution in [3.8, 4) is 0 Å². The summed E-state index contributed by atoms with van der Waals surface area (Å²) < 4.78 is 5.45. The van der Waals surface area contributed by atoms with Crippen molar-refractivity contribution in [2.45, 2.75) is 44.9 Å². The molecule has 0 saturated carbocycles. The van der Waals surface area contributed by atoms with Gasteiger partial charge in [0, 0.05) is 24.6 Å². The van der Waals surface area contributed by atoms with Gasteiger partial charge in [-0.25, -0.2) is 9.97 Å². The fourth-order valence-corrected chi connectivity index (χ4v) is 3.69. The molecular weight excluding hydrogens is 314 g/mol. The number of rotatable bonds is 2. The van der Waals surface area contributed by atoms with Gasteiger partial charge in [0.2, 0.25) is 5.28 Å². The van der Waals surface area contributed by atoms with Crippen LogP contribution >= 0.6 is 11.6 Å². The Morgan fingerprint density at radius 2 is 1.87 bits per heavy atom. The van der Waals surface area contributed by atoms with Crippen molar-refractivity contribution in [3.05, 3.63) is 16.5 Å². The molecule has 126 valence electrons. The van der Waals surface area contributed by atoms with E-state index < -0.39 is 0 Å². The van der Waals surface area contributed by atoms with E-state index in [1.807, 2.05) is 0 Å². The lowest BCUT2D eigenvalue weighted by Crippen LogP contribution is -2.37. The summed E-state index contributed by atoms with van der Waals surface area (Å²) in [6, 6.07) is 0. The van der Waals surface area contributed by atoms with E-state index >= 15 is 0 Å². The van der Waals surface area contributed by atoms with Crippen LogP contribution in [-0.4, -0.2) is 42.6 Å². The lowest BCUT2D eigenvalue weighted by molar-refractivity contribution is -0.111. The molecule has 1 unspecified atom stereocenters. The van der Waals surface area contributed by atoms with Crippen LogP contribution in [0.1, 0.15) is 43.4 Å². The van der Waals surface area contributed by atoms with E-state index in [1.165, 1.54) is 5.56 Å². The fraction of sp³-hybridized carbons (Fsp3) is 0.706. The van der Waals surface area contributed by atoms with E-state index in [-0.39, 0.29) is 5.92 Å². The number of carbonyl (C=O) groups excluding carboxylic acids is 1. The maximum absolute atomic E-state index is 11.2. The van der Waals surface area contributed by atoms with E-state index in [0.717, 1.165) is 89.0 Å². The van der Waals surface area contributed by atoms with Crippen LogP contribution < -0.4 is 4.90 Å². The molecule has 3 rings (SSSR count). The standard InChI is InChI=1S/C17H24ClN3O2/c18-17-19-15-7-2-1-4-13(12-22)5-3-6-14(15)16(20-17)21-8-10-23-11-9-21/h12-13H,1-11H2. The first-order valence-corrected chi connectivity index (χ1v) is 8.99. The van der Waals surface area contributed by atoms with Gasteiger partial charge in [-0.1, -0.05) is 6.42 Å². The summed E-state index contributed by atoms with van der Waals surface area (Å²) in [6.45, 7) is 3.14. The molecule has 6 heteroatoms. The first kappa shape index (κ1) is 16.7. The Balaban J connectivity index is 1.88. The molecule has 5 nitrogen and oxygen atoms in total. The van der Waals surface area contributed by atoms with Crippen molar-refractivity contribution in [1.82, 2.24) is 9.97 Å². The average molecular weight is 338 g/mol. The van der Waals surface area contributed by atoms with Crippen LogP contribution in [0.3, 0.4) is 0 Å². The number of hydrogen-bond acceptors (Lipinski definition) is 5. The fourth-order valence-electron chi connectivity index (χ4n) is 3.51. The van der Waals surface area contributed by atoms with Gasteiger partial charge in [0.1, 0.15) is 12.1 Å². The Kier molecular flexibility index (Phi) is 5.84. The SMILES string of the molecule is O=CC1CCCCc2nc(Cl)nc(N3CCOCC3)c2CCC1. The summed E-state index contributed by atoms with van der Waals surface area (Å²) in [5, 5.41) is 0.341. The molecular formula is C17H24ClN3O2. The summed E-state index contributed by atoms with van der Waals surface area (Å²) in [6.07, 6.45) is 8.03. The molecule has 23 heavy (non-hydrogen) atoms. The molecule has 0 bridgehead atoms. The van der Waals surface area contributed by atoms with E-state index in [4.69, 9.17) is 16.3 Å². The first-order valence-electron chi connectivity index (χ1n) is 8.61. The monoisotopic (exact) mass is 337 g/mol. The van der Waals surface area contributed by atoms with Gasteiger partial charge < -0.3 is 14.4 Å². The third-order valence-electron chi connectivity index (χ3n) is 4.79. The van der Waals surface area contributed by atoms with Crippen LogP contribution in [0.25, 0.3) is 0 Å². The maximum atomic E-state index is 11.2. The Hall–Kier alpha value is -1.20. The van der Waals surface area contributed by atoms with Gasteiger partial charge in [0.25, 0.3) is 0 Å². The molecule has 1 aromatic rings. The van der Waals surface area contributed by atoms with Crippen molar-refractivity contribution >= 4 is 23.7 Å². The predicted molar refractivity (Wildman–Crippen MR) is 90.1 cm³/mol. The molecule has 0 amide bonds. The Labute approximate surface area is 142 Å². The van der Waals surface area contributed by atoms with Crippen molar-refractivity contribution in [3.63, 3.8) is 0 Å². The van der Waals surface area contributed by atoms with Gasteiger partial charge in [0.05, 0.1) is 18.9 Å². The number of aryl methyl sites for hydroxylation is 1. The summed E-state index contributed by atoms with van der Waals surface area (Å²) >= 11 is 6.19. The number of halogens is 1. The molecule has 1 fully saturated rings. The van der Waals surface area contributed by atoms with Crippen LogP contribution in [0.2, 0.25) is 5.28 Å². The molecule has 0 aromatic carbocycles. The summed E-state index contributed by atoms with van der Waals surface area (Å²) in [7, 11) is 0. The minimum Gasteiger partial charge on any atom is -0.378 e. The van der Waals surface area contributed by atoms with Gasteiger partial charge >= 0.3 is 0 Å². The number of aromatic nitrogens is 2. The highest BCUT2D eigenvalue weighted by Gasteiger charge is 2.22. The van der Waals surface area contributed by atoms with Crippen molar-refractivity contribution < 1.29 is 9.53 Å². The van der Waals surface area contributed by atoms with E-state index in [0.29, 0.717) is 5.28 Å². The first-order chi connectivity index (χ1) is 11.3. The zero-order valence-corrected chi connectivity index (χ0v) is 14.2. The van der Waals surface area contributed by atoms with Gasteiger partial charge in [-0.3, -0.25) is 0 Å².